The molecule has 1 N–H and O–H groups in total. The molecule has 0 saturated heterocycles. The Kier molecular flexibility index (Phi) is 6.00. The molecule has 0 aliphatic rings. The number of ether oxygens (including phenoxy) is 1. The van der Waals surface area contributed by atoms with Crippen LogP contribution in [0, 0.1) is 17.0 Å². The van der Waals surface area contributed by atoms with Crippen LogP contribution in [-0.2, 0) is 0 Å². The summed E-state index contributed by atoms with van der Waals surface area (Å²) in [5.74, 6) is 0.237. The summed E-state index contributed by atoms with van der Waals surface area (Å²) in [6.45, 7) is 4.31. The molecule has 0 aliphatic heterocycles. The monoisotopic (exact) mass is 397 g/mol. The van der Waals surface area contributed by atoms with Gasteiger partial charge in [-0.25, -0.2) is 4.98 Å². The molecule has 3 aromatic rings. The minimum absolute atomic E-state index is 0.0131. The molecule has 0 saturated carbocycles. The third kappa shape index (κ3) is 4.34. The normalized spacial score (nSPS) is 10.5. The topological polar surface area (TPSA) is 94.4 Å². The van der Waals surface area contributed by atoms with Gasteiger partial charge in [0.05, 0.1) is 17.2 Å². The first kappa shape index (κ1) is 19.5. The van der Waals surface area contributed by atoms with Crippen molar-refractivity contribution in [1.29, 1.82) is 0 Å². The van der Waals surface area contributed by atoms with Crippen LogP contribution in [0.3, 0.4) is 0 Å². The molecule has 2 aromatic carbocycles. The molecule has 0 bridgehead atoms. The highest BCUT2D eigenvalue weighted by molar-refractivity contribution is 7.14. The number of anilines is 1. The number of aryl methyl sites for hydroxylation is 1. The lowest BCUT2D eigenvalue weighted by molar-refractivity contribution is -0.385. The van der Waals surface area contributed by atoms with Crippen LogP contribution in [0.1, 0.15) is 29.3 Å². The average molecular weight is 397 g/mol. The van der Waals surface area contributed by atoms with Crippen molar-refractivity contribution in [2.24, 2.45) is 0 Å². The molecule has 1 heterocycles. The van der Waals surface area contributed by atoms with Crippen molar-refractivity contribution in [3.05, 3.63) is 69.1 Å². The first-order valence-electron chi connectivity index (χ1n) is 8.73. The molecule has 1 amide bonds. The van der Waals surface area contributed by atoms with E-state index in [-0.39, 0.29) is 11.3 Å². The smallest absolute Gasteiger partial charge is 0.285 e. The van der Waals surface area contributed by atoms with Crippen LogP contribution < -0.4 is 10.1 Å². The van der Waals surface area contributed by atoms with Gasteiger partial charge < -0.3 is 4.74 Å². The molecule has 0 aliphatic carbocycles. The number of nitro groups is 1. The van der Waals surface area contributed by atoms with E-state index in [9.17, 15) is 14.9 Å². The molecule has 0 unspecified atom stereocenters. The van der Waals surface area contributed by atoms with Gasteiger partial charge in [-0.1, -0.05) is 19.1 Å². The minimum atomic E-state index is -0.556. The van der Waals surface area contributed by atoms with E-state index in [1.54, 1.807) is 19.1 Å². The maximum Gasteiger partial charge on any atom is 0.285 e. The number of carbonyl (C=O) groups excluding carboxylic acids is 1. The number of benzene rings is 2. The van der Waals surface area contributed by atoms with Crippen LogP contribution in [0.5, 0.6) is 5.75 Å². The fraction of sp³-hybridized carbons (Fsp3) is 0.200. The zero-order valence-corrected chi connectivity index (χ0v) is 16.3. The van der Waals surface area contributed by atoms with Gasteiger partial charge in [0.1, 0.15) is 11.3 Å². The standard InChI is InChI=1S/C20H19N3O4S/c1-3-11-27-15-9-7-14(8-10-15)17-12-28-20(21-17)22-19(24)16-6-4-5-13(2)18(16)23(25)26/h4-10,12H,3,11H2,1-2H3,(H,21,22,24). The van der Waals surface area contributed by atoms with Gasteiger partial charge in [0.25, 0.3) is 11.6 Å². The van der Waals surface area contributed by atoms with Crippen molar-refractivity contribution in [3.8, 4) is 17.0 Å². The van der Waals surface area contributed by atoms with Crippen molar-refractivity contribution >= 4 is 28.1 Å². The summed E-state index contributed by atoms with van der Waals surface area (Å²) in [7, 11) is 0. The lowest BCUT2D eigenvalue weighted by atomic mass is 10.1. The Morgan fingerprint density at radius 1 is 1.25 bits per heavy atom. The Balaban J connectivity index is 1.76. The summed E-state index contributed by atoms with van der Waals surface area (Å²) in [6, 6.07) is 12.2. The Morgan fingerprint density at radius 2 is 2.00 bits per heavy atom. The Labute approximate surface area is 166 Å². The van der Waals surface area contributed by atoms with Crippen molar-refractivity contribution in [2.45, 2.75) is 20.3 Å². The fourth-order valence-electron chi connectivity index (χ4n) is 2.65. The number of nitrogens with one attached hydrogen (secondary N) is 1. The maximum atomic E-state index is 12.5. The van der Waals surface area contributed by atoms with Crippen LogP contribution in [0.25, 0.3) is 11.3 Å². The zero-order valence-electron chi connectivity index (χ0n) is 15.5. The lowest BCUT2D eigenvalue weighted by Crippen LogP contribution is -2.14. The number of amides is 1. The van der Waals surface area contributed by atoms with E-state index in [4.69, 9.17) is 4.74 Å². The highest BCUT2D eigenvalue weighted by Crippen LogP contribution is 2.28. The van der Waals surface area contributed by atoms with Gasteiger partial charge >= 0.3 is 0 Å². The van der Waals surface area contributed by atoms with E-state index >= 15 is 0 Å². The summed E-state index contributed by atoms with van der Waals surface area (Å²) >= 11 is 1.26. The largest absolute Gasteiger partial charge is 0.494 e. The van der Waals surface area contributed by atoms with Crippen molar-refractivity contribution in [3.63, 3.8) is 0 Å². The molecule has 0 spiro atoms. The van der Waals surface area contributed by atoms with E-state index in [1.807, 2.05) is 36.6 Å². The molecule has 3 rings (SSSR count). The second kappa shape index (κ2) is 8.62. The number of aromatic nitrogens is 1. The number of para-hydroxylation sites is 1. The van der Waals surface area contributed by atoms with Gasteiger partial charge in [0, 0.05) is 16.5 Å². The van der Waals surface area contributed by atoms with Crippen LogP contribution in [0.2, 0.25) is 0 Å². The molecule has 0 fully saturated rings. The third-order valence-electron chi connectivity index (χ3n) is 4.01. The Bertz CT molecular complexity index is 999. The Morgan fingerprint density at radius 3 is 2.68 bits per heavy atom. The number of rotatable bonds is 7. The van der Waals surface area contributed by atoms with Crippen LogP contribution in [0.4, 0.5) is 10.8 Å². The van der Waals surface area contributed by atoms with Gasteiger partial charge in [-0.3, -0.25) is 20.2 Å². The van der Waals surface area contributed by atoms with Gasteiger partial charge in [0.2, 0.25) is 0 Å². The van der Waals surface area contributed by atoms with E-state index < -0.39 is 10.8 Å². The van der Waals surface area contributed by atoms with Crippen molar-refractivity contribution < 1.29 is 14.5 Å². The number of hydrogen-bond donors (Lipinski definition) is 1. The van der Waals surface area contributed by atoms with Gasteiger partial charge in [-0.15, -0.1) is 11.3 Å². The fourth-order valence-corrected chi connectivity index (χ4v) is 3.37. The molecule has 144 valence electrons. The minimum Gasteiger partial charge on any atom is -0.494 e. The third-order valence-corrected chi connectivity index (χ3v) is 4.77. The quantitative estimate of drug-likeness (QED) is 0.444. The summed E-state index contributed by atoms with van der Waals surface area (Å²) in [5, 5.41) is 16.1. The van der Waals surface area contributed by atoms with E-state index in [2.05, 4.69) is 10.3 Å². The van der Waals surface area contributed by atoms with Crippen LogP contribution in [0.15, 0.2) is 47.8 Å². The first-order valence-corrected chi connectivity index (χ1v) is 9.61. The van der Waals surface area contributed by atoms with E-state index in [0.717, 1.165) is 17.7 Å². The number of carbonyl (C=O) groups is 1. The van der Waals surface area contributed by atoms with E-state index in [0.29, 0.717) is 23.0 Å². The molecule has 28 heavy (non-hydrogen) atoms. The second-order valence-corrected chi connectivity index (χ2v) is 6.95. The van der Waals surface area contributed by atoms with Crippen LogP contribution >= 0.6 is 11.3 Å². The highest BCUT2D eigenvalue weighted by Gasteiger charge is 2.23. The summed E-state index contributed by atoms with van der Waals surface area (Å²) in [4.78, 5) is 27.7. The molecule has 7 nitrogen and oxygen atoms in total. The van der Waals surface area contributed by atoms with Gasteiger partial charge in [-0.2, -0.15) is 0 Å². The molecular weight excluding hydrogens is 378 g/mol. The molecule has 1 aromatic heterocycles. The van der Waals surface area contributed by atoms with Gasteiger partial charge in [-0.05, 0) is 43.7 Å². The molecule has 0 radical (unpaired) electrons. The van der Waals surface area contributed by atoms with Crippen LogP contribution in [-0.4, -0.2) is 22.4 Å². The summed E-state index contributed by atoms with van der Waals surface area (Å²) < 4.78 is 5.56. The summed E-state index contributed by atoms with van der Waals surface area (Å²) in [5.41, 5.74) is 1.85. The second-order valence-electron chi connectivity index (χ2n) is 6.09. The van der Waals surface area contributed by atoms with Crippen molar-refractivity contribution in [1.82, 2.24) is 4.98 Å². The molecule has 0 atom stereocenters. The highest BCUT2D eigenvalue weighted by atomic mass is 32.1. The molecule has 8 heteroatoms. The maximum absolute atomic E-state index is 12.5. The Hall–Kier alpha value is -3.26. The zero-order chi connectivity index (χ0) is 20.1. The predicted molar refractivity (Wildman–Crippen MR) is 109 cm³/mol. The SMILES string of the molecule is CCCOc1ccc(-c2csc(NC(=O)c3cccc(C)c3[N+](=O)[O-])n2)cc1. The predicted octanol–water partition coefficient (Wildman–Crippen LogP) is 5.07. The van der Waals surface area contributed by atoms with Crippen molar-refractivity contribution in [2.75, 3.05) is 11.9 Å². The number of hydrogen-bond acceptors (Lipinski definition) is 6. The van der Waals surface area contributed by atoms with Gasteiger partial charge in [0.15, 0.2) is 5.13 Å². The number of nitrogens with zero attached hydrogens (tertiary/aromatic N) is 2. The lowest BCUT2D eigenvalue weighted by Gasteiger charge is -2.05. The number of nitro benzene ring substituents is 1. The summed E-state index contributed by atoms with van der Waals surface area (Å²) in [6.07, 6.45) is 0.940. The molecular formula is C20H19N3O4S. The first-order chi connectivity index (χ1) is 13.5. The average Bonchev–Trinajstić information content (AvgIpc) is 3.14. The number of thiazole rings is 1. The van der Waals surface area contributed by atoms with E-state index in [1.165, 1.54) is 17.4 Å².